The molecule has 33 heavy (non-hydrogen) atoms. The Morgan fingerprint density at radius 2 is 1.82 bits per heavy atom. The predicted octanol–water partition coefficient (Wildman–Crippen LogP) is 4.84. The van der Waals surface area contributed by atoms with E-state index in [-0.39, 0.29) is 24.0 Å². The van der Waals surface area contributed by atoms with E-state index in [0.29, 0.717) is 35.1 Å². The summed E-state index contributed by atoms with van der Waals surface area (Å²) in [6.07, 6.45) is 0. The Morgan fingerprint density at radius 3 is 2.58 bits per heavy atom. The lowest BCUT2D eigenvalue weighted by Crippen LogP contribution is -2.27. The molecule has 7 nitrogen and oxygen atoms in total. The summed E-state index contributed by atoms with van der Waals surface area (Å²) in [7, 11) is 0. The molecule has 2 heterocycles. The number of hydrogen-bond donors (Lipinski definition) is 1. The third kappa shape index (κ3) is 4.34. The van der Waals surface area contributed by atoms with Crippen molar-refractivity contribution in [1.29, 1.82) is 0 Å². The SMILES string of the molecule is CCOc1ccc(N2C(=O)CS[C@H]2c2ccc(NC(=O)c3ccc4c(c3)OCO4)cc2)cc1. The average Bonchev–Trinajstić information content (AvgIpc) is 3.46. The zero-order valence-electron chi connectivity index (χ0n) is 17.9. The van der Waals surface area contributed by atoms with Crippen molar-refractivity contribution in [2.75, 3.05) is 29.4 Å². The molecule has 3 aromatic carbocycles. The lowest BCUT2D eigenvalue weighted by Gasteiger charge is -2.24. The van der Waals surface area contributed by atoms with Crippen LogP contribution in [0.2, 0.25) is 0 Å². The lowest BCUT2D eigenvalue weighted by atomic mass is 10.1. The molecule has 8 heteroatoms. The summed E-state index contributed by atoms with van der Waals surface area (Å²) in [6, 6.07) is 20.2. The summed E-state index contributed by atoms with van der Waals surface area (Å²) in [4.78, 5) is 27.1. The van der Waals surface area contributed by atoms with E-state index in [4.69, 9.17) is 14.2 Å². The zero-order valence-corrected chi connectivity index (χ0v) is 18.8. The average molecular weight is 463 g/mol. The van der Waals surface area contributed by atoms with Crippen molar-refractivity contribution < 1.29 is 23.8 Å². The van der Waals surface area contributed by atoms with Crippen molar-refractivity contribution in [3.05, 3.63) is 77.9 Å². The maximum atomic E-state index is 12.6. The molecule has 0 aromatic heterocycles. The standard InChI is InChI=1S/C25H22N2O5S/c1-2-30-20-10-8-19(9-11-20)27-23(28)14-33-25(27)16-3-6-18(7-4-16)26-24(29)17-5-12-21-22(13-17)32-15-31-21/h3-13,25H,2,14-15H2,1H3,(H,26,29)/t25-/m0/s1. The second kappa shape index (κ2) is 9.07. The summed E-state index contributed by atoms with van der Waals surface area (Å²) in [5, 5.41) is 2.77. The van der Waals surface area contributed by atoms with Gasteiger partial charge >= 0.3 is 0 Å². The van der Waals surface area contributed by atoms with Gasteiger partial charge < -0.3 is 19.5 Å². The first kappa shape index (κ1) is 21.2. The van der Waals surface area contributed by atoms with Gasteiger partial charge in [0.15, 0.2) is 11.5 Å². The molecule has 0 spiro atoms. The maximum absolute atomic E-state index is 12.6. The van der Waals surface area contributed by atoms with Gasteiger partial charge in [-0.1, -0.05) is 12.1 Å². The van der Waals surface area contributed by atoms with Gasteiger partial charge in [-0.25, -0.2) is 0 Å². The molecule has 168 valence electrons. The first-order valence-corrected chi connectivity index (χ1v) is 11.6. The van der Waals surface area contributed by atoms with Crippen molar-refractivity contribution in [2.24, 2.45) is 0 Å². The number of anilines is 2. The number of ether oxygens (including phenoxy) is 3. The number of rotatable bonds is 6. The van der Waals surface area contributed by atoms with Crippen LogP contribution in [0.25, 0.3) is 0 Å². The van der Waals surface area contributed by atoms with Gasteiger partial charge in [-0.05, 0) is 67.1 Å². The fourth-order valence-electron chi connectivity index (χ4n) is 3.79. The Balaban J connectivity index is 1.30. The van der Waals surface area contributed by atoms with Crippen LogP contribution in [0, 0.1) is 0 Å². The van der Waals surface area contributed by atoms with Crippen LogP contribution in [0.4, 0.5) is 11.4 Å². The fraction of sp³-hybridized carbons (Fsp3) is 0.200. The summed E-state index contributed by atoms with van der Waals surface area (Å²) in [5.41, 5.74) is 2.98. The first-order valence-electron chi connectivity index (χ1n) is 10.6. The van der Waals surface area contributed by atoms with E-state index in [2.05, 4.69) is 5.32 Å². The highest BCUT2D eigenvalue weighted by atomic mass is 32.2. The Kier molecular flexibility index (Phi) is 5.83. The largest absolute Gasteiger partial charge is 0.494 e. The molecule has 3 aromatic rings. The number of carbonyl (C=O) groups is 2. The molecule has 0 radical (unpaired) electrons. The highest BCUT2D eigenvalue weighted by Gasteiger charge is 2.34. The molecular formula is C25H22N2O5S. The van der Waals surface area contributed by atoms with E-state index in [1.54, 1.807) is 34.9 Å². The quantitative estimate of drug-likeness (QED) is 0.565. The molecule has 5 rings (SSSR count). The Hall–Kier alpha value is -3.65. The summed E-state index contributed by atoms with van der Waals surface area (Å²) in [5.74, 6) is 2.23. The molecule has 0 unspecified atom stereocenters. The van der Waals surface area contributed by atoms with E-state index in [1.807, 2.05) is 55.5 Å². The van der Waals surface area contributed by atoms with Crippen LogP contribution >= 0.6 is 11.8 Å². The number of benzene rings is 3. The molecule has 2 aliphatic heterocycles. The molecular weight excluding hydrogens is 440 g/mol. The van der Waals surface area contributed by atoms with E-state index in [1.165, 1.54) is 0 Å². The third-order valence-corrected chi connectivity index (χ3v) is 6.59. The number of thioether (sulfide) groups is 1. The molecule has 1 N–H and O–H groups in total. The number of hydrogen-bond acceptors (Lipinski definition) is 6. The Morgan fingerprint density at radius 1 is 1.06 bits per heavy atom. The summed E-state index contributed by atoms with van der Waals surface area (Å²) >= 11 is 1.58. The summed E-state index contributed by atoms with van der Waals surface area (Å²) < 4.78 is 16.1. The number of carbonyl (C=O) groups excluding carboxylic acids is 2. The molecule has 1 saturated heterocycles. The van der Waals surface area contributed by atoms with Crippen molar-refractivity contribution in [3.8, 4) is 17.2 Å². The third-order valence-electron chi connectivity index (χ3n) is 5.38. The van der Waals surface area contributed by atoms with Crippen LogP contribution in [-0.4, -0.2) is 31.0 Å². The molecule has 1 atom stereocenters. The molecule has 2 amide bonds. The monoisotopic (exact) mass is 462 g/mol. The topological polar surface area (TPSA) is 77.1 Å². The smallest absolute Gasteiger partial charge is 0.255 e. The Labute approximate surface area is 195 Å². The van der Waals surface area contributed by atoms with Gasteiger partial charge in [0.05, 0.1) is 12.4 Å². The van der Waals surface area contributed by atoms with Crippen LogP contribution in [0.5, 0.6) is 17.2 Å². The minimum absolute atomic E-state index is 0.0642. The number of fused-ring (bicyclic) bond motifs is 1. The van der Waals surface area contributed by atoms with Gasteiger partial charge in [0.2, 0.25) is 12.7 Å². The number of nitrogens with zero attached hydrogens (tertiary/aromatic N) is 1. The zero-order chi connectivity index (χ0) is 22.8. The molecule has 0 saturated carbocycles. The van der Waals surface area contributed by atoms with Gasteiger partial charge in [-0.3, -0.25) is 14.5 Å². The van der Waals surface area contributed by atoms with Gasteiger partial charge in [0, 0.05) is 16.9 Å². The number of nitrogens with one attached hydrogen (secondary N) is 1. The van der Waals surface area contributed by atoms with Crippen molar-refractivity contribution in [3.63, 3.8) is 0 Å². The van der Waals surface area contributed by atoms with Gasteiger partial charge in [0.1, 0.15) is 11.1 Å². The second-order valence-corrected chi connectivity index (χ2v) is 8.57. The summed E-state index contributed by atoms with van der Waals surface area (Å²) in [6.45, 7) is 2.70. The molecule has 0 aliphatic carbocycles. The maximum Gasteiger partial charge on any atom is 0.255 e. The highest BCUT2D eigenvalue weighted by molar-refractivity contribution is 8.00. The first-order chi connectivity index (χ1) is 16.1. The van der Waals surface area contributed by atoms with Crippen LogP contribution < -0.4 is 24.4 Å². The number of amides is 2. The molecule has 2 aliphatic rings. The van der Waals surface area contributed by atoms with Crippen molar-refractivity contribution in [2.45, 2.75) is 12.3 Å². The van der Waals surface area contributed by atoms with Crippen molar-refractivity contribution in [1.82, 2.24) is 0 Å². The fourth-order valence-corrected chi connectivity index (χ4v) is 4.97. The van der Waals surface area contributed by atoms with Crippen LogP contribution in [-0.2, 0) is 4.79 Å². The van der Waals surface area contributed by atoms with E-state index in [0.717, 1.165) is 17.0 Å². The van der Waals surface area contributed by atoms with Gasteiger partial charge in [-0.15, -0.1) is 11.8 Å². The van der Waals surface area contributed by atoms with Gasteiger partial charge in [-0.2, -0.15) is 0 Å². The lowest BCUT2D eigenvalue weighted by molar-refractivity contribution is -0.115. The predicted molar refractivity (Wildman–Crippen MR) is 127 cm³/mol. The van der Waals surface area contributed by atoms with E-state index >= 15 is 0 Å². The van der Waals surface area contributed by atoms with Crippen LogP contribution in [0.15, 0.2) is 66.7 Å². The second-order valence-electron chi connectivity index (χ2n) is 7.50. The van der Waals surface area contributed by atoms with Gasteiger partial charge in [0.25, 0.3) is 5.91 Å². The highest BCUT2D eigenvalue weighted by Crippen LogP contribution is 2.42. The van der Waals surface area contributed by atoms with Crippen LogP contribution in [0.1, 0.15) is 28.2 Å². The Bertz CT molecular complexity index is 1180. The molecule has 1 fully saturated rings. The van der Waals surface area contributed by atoms with Crippen molar-refractivity contribution >= 4 is 35.0 Å². The minimum Gasteiger partial charge on any atom is -0.494 e. The van der Waals surface area contributed by atoms with E-state index in [9.17, 15) is 9.59 Å². The normalized spacial score (nSPS) is 16.7. The molecule has 0 bridgehead atoms. The minimum atomic E-state index is -0.234. The van der Waals surface area contributed by atoms with Crippen LogP contribution in [0.3, 0.4) is 0 Å². The van der Waals surface area contributed by atoms with E-state index < -0.39 is 0 Å².